The van der Waals surface area contributed by atoms with E-state index in [2.05, 4.69) is 5.32 Å². The molecule has 0 aliphatic carbocycles. The molecular formula is C22H25FN2O4. The van der Waals surface area contributed by atoms with Gasteiger partial charge in [0.25, 0.3) is 5.91 Å². The summed E-state index contributed by atoms with van der Waals surface area (Å²) in [5, 5.41) is 2.67. The molecule has 0 bridgehead atoms. The van der Waals surface area contributed by atoms with Gasteiger partial charge in [0.05, 0.1) is 5.92 Å². The Bertz CT molecular complexity index is 896. The number of rotatable bonds is 8. The summed E-state index contributed by atoms with van der Waals surface area (Å²) in [6, 6.07) is 11.4. The summed E-state index contributed by atoms with van der Waals surface area (Å²) in [5.41, 5.74) is 6.94. The van der Waals surface area contributed by atoms with Crippen LogP contribution in [0, 0.1) is 11.7 Å². The molecular weight excluding hydrogens is 375 g/mol. The summed E-state index contributed by atoms with van der Waals surface area (Å²) in [6.07, 6.45) is 1.08. The number of primary amides is 1. The minimum absolute atomic E-state index is 0.0747. The summed E-state index contributed by atoms with van der Waals surface area (Å²) in [4.78, 5) is 23.9. The second-order valence-corrected chi connectivity index (χ2v) is 7.81. The van der Waals surface area contributed by atoms with Gasteiger partial charge in [-0.05, 0) is 44.0 Å². The quantitative estimate of drug-likeness (QED) is 0.712. The van der Waals surface area contributed by atoms with E-state index in [0.29, 0.717) is 17.9 Å². The smallest absolute Gasteiger partial charge is 0.257 e. The average Bonchev–Trinajstić information content (AvgIpc) is 2.99. The topological polar surface area (TPSA) is 90.6 Å². The molecule has 2 aromatic rings. The van der Waals surface area contributed by atoms with E-state index >= 15 is 0 Å². The van der Waals surface area contributed by atoms with Gasteiger partial charge in [-0.25, -0.2) is 4.39 Å². The zero-order valence-corrected chi connectivity index (χ0v) is 16.5. The maximum atomic E-state index is 13.0. The number of hydrogen-bond acceptors (Lipinski definition) is 4. The second-order valence-electron chi connectivity index (χ2n) is 7.81. The van der Waals surface area contributed by atoms with Crippen LogP contribution in [0.1, 0.15) is 25.0 Å². The Hall–Kier alpha value is -3.09. The van der Waals surface area contributed by atoms with Gasteiger partial charge in [-0.1, -0.05) is 24.3 Å². The van der Waals surface area contributed by atoms with E-state index in [4.69, 9.17) is 15.2 Å². The molecule has 3 rings (SSSR count). The highest BCUT2D eigenvalue weighted by Gasteiger charge is 2.32. The molecule has 1 aliphatic heterocycles. The van der Waals surface area contributed by atoms with Crippen molar-refractivity contribution in [1.29, 1.82) is 0 Å². The fourth-order valence-electron chi connectivity index (χ4n) is 3.31. The molecule has 154 valence electrons. The molecule has 1 heterocycles. The zero-order chi connectivity index (χ0) is 21.0. The van der Waals surface area contributed by atoms with Gasteiger partial charge in [0.2, 0.25) is 5.91 Å². The van der Waals surface area contributed by atoms with E-state index in [9.17, 15) is 14.0 Å². The Morgan fingerprint density at radius 2 is 1.97 bits per heavy atom. The number of nitrogens with one attached hydrogen (secondary N) is 1. The number of ether oxygens (including phenoxy) is 2. The summed E-state index contributed by atoms with van der Waals surface area (Å²) >= 11 is 0. The van der Waals surface area contributed by atoms with Gasteiger partial charge in [-0.2, -0.15) is 0 Å². The Morgan fingerprint density at radius 3 is 2.66 bits per heavy atom. The number of carbonyl (C=O) groups excluding carboxylic acids is 2. The van der Waals surface area contributed by atoms with Crippen LogP contribution in [0.4, 0.5) is 4.39 Å². The van der Waals surface area contributed by atoms with Crippen molar-refractivity contribution in [2.75, 3.05) is 13.2 Å². The van der Waals surface area contributed by atoms with Gasteiger partial charge >= 0.3 is 0 Å². The van der Waals surface area contributed by atoms with E-state index < -0.39 is 11.8 Å². The number of hydrogen-bond donors (Lipinski definition) is 2. The minimum Gasteiger partial charge on any atom is -0.483 e. The van der Waals surface area contributed by atoms with E-state index in [1.807, 2.05) is 26.0 Å². The lowest BCUT2D eigenvalue weighted by atomic mass is 9.98. The molecule has 1 aliphatic rings. The van der Waals surface area contributed by atoms with Crippen molar-refractivity contribution in [2.45, 2.75) is 32.3 Å². The summed E-state index contributed by atoms with van der Waals surface area (Å²) in [6.45, 7) is 3.86. The highest BCUT2D eigenvalue weighted by atomic mass is 19.1. The molecule has 0 saturated carbocycles. The molecule has 1 unspecified atom stereocenters. The maximum absolute atomic E-state index is 13.0. The number of halogens is 1. The monoisotopic (exact) mass is 400 g/mol. The SMILES string of the molecule is CC1(C)Cc2cccc(OCC(=O)NCC(Cc3ccc(F)cc3)C(N)=O)c2O1. The molecule has 0 radical (unpaired) electrons. The molecule has 6 nitrogen and oxygen atoms in total. The van der Waals surface area contributed by atoms with Crippen LogP contribution < -0.4 is 20.5 Å². The van der Waals surface area contributed by atoms with Crippen LogP contribution in [0.5, 0.6) is 11.5 Å². The predicted molar refractivity (Wildman–Crippen MR) is 106 cm³/mol. The lowest BCUT2D eigenvalue weighted by Gasteiger charge is -2.18. The van der Waals surface area contributed by atoms with Gasteiger partial charge in [0.15, 0.2) is 18.1 Å². The summed E-state index contributed by atoms with van der Waals surface area (Å²) in [7, 11) is 0. The lowest BCUT2D eigenvalue weighted by molar-refractivity contribution is -0.124. The van der Waals surface area contributed by atoms with Crippen LogP contribution >= 0.6 is 0 Å². The molecule has 7 heteroatoms. The highest BCUT2D eigenvalue weighted by molar-refractivity contribution is 5.80. The second kappa shape index (κ2) is 8.51. The summed E-state index contributed by atoms with van der Waals surface area (Å²) < 4.78 is 24.6. The van der Waals surface area contributed by atoms with Crippen molar-refractivity contribution in [2.24, 2.45) is 11.7 Å². The molecule has 1 atom stereocenters. The number of fused-ring (bicyclic) bond motifs is 1. The number of carbonyl (C=O) groups is 2. The highest BCUT2D eigenvalue weighted by Crippen LogP contribution is 2.41. The maximum Gasteiger partial charge on any atom is 0.257 e. The first-order valence-electron chi connectivity index (χ1n) is 9.48. The molecule has 29 heavy (non-hydrogen) atoms. The van der Waals surface area contributed by atoms with Crippen molar-refractivity contribution < 1.29 is 23.5 Å². The first-order valence-corrected chi connectivity index (χ1v) is 9.48. The van der Waals surface area contributed by atoms with Crippen molar-refractivity contribution in [3.8, 4) is 11.5 Å². The lowest BCUT2D eigenvalue weighted by Crippen LogP contribution is -2.39. The van der Waals surface area contributed by atoms with Gasteiger partial charge in [-0.15, -0.1) is 0 Å². The third-order valence-electron chi connectivity index (χ3n) is 4.76. The van der Waals surface area contributed by atoms with E-state index in [-0.39, 0.29) is 30.5 Å². The van der Waals surface area contributed by atoms with Crippen LogP contribution in [-0.4, -0.2) is 30.6 Å². The third kappa shape index (κ3) is 5.47. The Labute approximate surface area is 169 Å². The Morgan fingerprint density at radius 1 is 1.24 bits per heavy atom. The molecule has 0 saturated heterocycles. The summed E-state index contributed by atoms with van der Waals surface area (Å²) in [5.74, 6) is -0.681. The number of nitrogens with two attached hydrogens (primary N) is 1. The molecule has 2 amide bonds. The number of amides is 2. The average molecular weight is 400 g/mol. The largest absolute Gasteiger partial charge is 0.483 e. The predicted octanol–water partition coefficient (Wildman–Crippen LogP) is 2.38. The normalized spacial score (nSPS) is 15.1. The molecule has 3 N–H and O–H groups in total. The molecule has 2 aromatic carbocycles. The van der Waals surface area contributed by atoms with Crippen LogP contribution in [-0.2, 0) is 22.4 Å². The fraction of sp³-hybridized carbons (Fsp3) is 0.364. The van der Waals surface area contributed by atoms with Crippen LogP contribution in [0.15, 0.2) is 42.5 Å². The zero-order valence-electron chi connectivity index (χ0n) is 16.5. The Balaban J connectivity index is 1.52. The van der Waals surface area contributed by atoms with E-state index in [0.717, 1.165) is 17.5 Å². The Kier molecular flexibility index (Phi) is 6.06. The molecule has 0 fully saturated rings. The number of benzene rings is 2. The van der Waals surface area contributed by atoms with Crippen LogP contribution in [0.2, 0.25) is 0 Å². The fourth-order valence-corrected chi connectivity index (χ4v) is 3.31. The van der Waals surface area contributed by atoms with E-state index in [1.165, 1.54) is 12.1 Å². The van der Waals surface area contributed by atoms with Crippen molar-refractivity contribution >= 4 is 11.8 Å². The van der Waals surface area contributed by atoms with Crippen molar-refractivity contribution in [1.82, 2.24) is 5.32 Å². The van der Waals surface area contributed by atoms with E-state index in [1.54, 1.807) is 18.2 Å². The van der Waals surface area contributed by atoms with Crippen molar-refractivity contribution in [3.05, 3.63) is 59.4 Å². The van der Waals surface area contributed by atoms with Crippen LogP contribution in [0.25, 0.3) is 0 Å². The first kappa shape index (κ1) is 20.6. The van der Waals surface area contributed by atoms with Gasteiger partial charge in [-0.3, -0.25) is 9.59 Å². The molecule has 0 spiro atoms. The minimum atomic E-state index is -0.602. The van der Waals surface area contributed by atoms with Crippen molar-refractivity contribution in [3.63, 3.8) is 0 Å². The first-order chi connectivity index (χ1) is 13.7. The third-order valence-corrected chi connectivity index (χ3v) is 4.76. The van der Waals surface area contributed by atoms with Gasteiger partial charge in [0.1, 0.15) is 11.4 Å². The van der Waals surface area contributed by atoms with Crippen LogP contribution in [0.3, 0.4) is 0 Å². The van der Waals surface area contributed by atoms with Gasteiger partial charge in [0, 0.05) is 18.5 Å². The number of para-hydroxylation sites is 1. The molecule has 0 aromatic heterocycles. The standard InChI is InChI=1S/C22H25FN2O4/c1-22(2)11-15-4-3-5-18(20(15)29-22)28-13-19(26)25-12-16(21(24)27)10-14-6-8-17(23)9-7-14/h3-9,16H,10-13H2,1-2H3,(H2,24,27)(H,25,26). The van der Waals surface area contributed by atoms with Gasteiger partial charge < -0.3 is 20.5 Å².